The van der Waals surface area contributed by atoms with E-state index in [0.717, 1.165) is 0 Å². The molecule has 0 radical (unpaired) electrons. The smallest absolute Gasteiger partial charge is 0.0920 e. The molecule has 0 saturated heterocycles. The van der Waals surface area contributed by atoms with Crippen molar-refractivity contribution in [1.29, 1.82) is 0 Å². The highest BCUT2D eigenvalue weighted by Crippen LogP contribution is 2.09. The lowest BCUT2D eigenvalue weighted by Gasteiger charge is -2.18. The van der Waals surface area contributed by atoms with Crippen LogP contribution in [-0.2, 0) is 4.74 Å². The van der Waals surface area contributed by atoms with Gasteiger partial charge in [-0.2, -0.15) is 0 Å². The predicted molar refractivity (Wildman–Crippen MR) is 40.9 cm³/mol. The van der Waals surface area contributed by atoms with Crippen molar-refractivity contribution in [2.75, 3.05) is 7.11 Å². The fraction of sp³-hybridized carbons (Fsp3) is 1.00. The van der Waals surface area contributed by atoms with Crippen LogP contribution in [0.1, 0.15) is 13.8 Å². The zero-order chi connectivity index (χ0) is 7.44. The number of methoxy groups -OCH3 is 1. The van der Waals surface area contributed by atoms with Crippen LogP contribution in [0.2, 0.25) is 0 Å². The molecule has 3 unspecified atom stereocenters. The zero-order valence-electron chi connectivity index (χ0n) is 5.97. The first kappa shape index (κ1) is 9.40. The van der Waals surface area contributed by atoms with Gasteiger partial charge in [0.2, 0.25) is 0 Å². The molecule has 3 atom stereocenters. The van der Waals surface area contributed by atoms with E-state index in [1.807, 2.05) is 13.8 Å². The standard InChI is InChI=1S/C6H13BrO2/c1-4(7)6(8)5(2)9-3/h4-6,8H,1-3H3. The van der Waals surface area contributed by atoms with Crippen molar-refractivity contribution in [3.8, 4) is 0 Å². The molecule has 0 aromatic rings. The Morgan fingerprint density at radius 1 is 1.44 bits per heavy atom. The summed E-state index contributed by atoms with van der Waals surface area (Å²) >= 11 is 3.25. The molecule has 3 heteroatoms. The van der Waals surface area contributed by atoms with Gasteiger partial charge in [-0.3, -0.25) is 0 Å². The Balaban J connectivity index is 3.58. The quantitative estimate of drug-likeness (QED) is 0.688. The van der Waals surface area contributed by atoms with Crippen molar-refractivity contribution in [1.82, 2.24) is 0 Å². The number of halogens is 1. The number of alkyl halides is 1. The third-order valence-corrected chi connectivity index (χ3v) is 1.86. The Morgan fingerprint density at radius 2 is 1.89 bits per heavy atom. The summed E-state index contributed by atoms with van der Waals surface area (Å²) in [6, 6.07) is 0. The summed E-state index contributed by atoms with van der Waals surface area (Å²) in [7, 11) is 1.59. The van der Waals surface area contributed by atoms with Crippen LogP contribution in [0.25, 0.3) is 0 Å². The van der Waals surface area contributed by atoms with Gasteiger partial charge in [0.25, 0.3) is 0 Å². The Kier molecular flexibility index (Phi) is 4.44. The molecule has 0 aliphatic rings. The number of hydrogen-bond donors (Lipinski definition) is 1. The maximum absolute atomic E-state index is 9.22. The summed E-state index contributed by atoms with van der Waals surface area (Å²) in [6.45, 7) is 3.72. The fourth-order valence-corrected chi connectivity index (χ4v) is 0.943. The minimum atomic E-state index is -0.421. The summed E-state index contributed by atoms with van der Waals surface area (Å²) in [5, 5.41) is 9.22. The van der Waals surface area contributed by atoms with Gasteiger partial charge in [-0.05, 0) is 6.92 Å². The molecular weight excluding hydrogens is 184 g/mol. The highest BCUT2D eigenvalue weighted by Gasteiger charge is 2.17. The van der Waals surface area contributed by atoms with Crippen molar-refractivity contribution in [2.45, 2.75) is 30.9 Å². The average Bonchev–Trinajstić information content (AvgIpc) is 1.84. The molecule has 0 amide bonds. The maximum atomic E-state index is 9.22. The molecule has 0 aromatic carbocycles. The Hall–Kier alpha value is 0.400. The van der Waals surface area contributed by atoms with Crippen LogP contribution in [0.3, 0.4) is 0 Å². The Bertz CT molecular complexity index is 75.5. The third kappa shape index (κ3) is 3.18. The number of ether oxygens (including phenoxy) is 1. The lowest BCUT2D eigenvalue weighted by molar-refractivity contribution is 0.00220. The minimum Gasteiger partial charge on any atom is -0.389 e. The van der Waals surface area contributed by atoms with Crippen LogP contribution in [0, 0.1) is 0 Å². The number of aliphatic hydroxyl groups excluding tert-OH is 1. The third-order valence-electron chi connectivity index (χ3n) is 1.32. The van der Waals surface area contributed by atoms with Gasteiger partial charge in [0.05, 0.1) is 12.2 Å². The molecule has 0 bridgehead atoms. The van der Waals surface area contributed by atoms with Crippen LogP contribution in [0.4, 0.5) is 0 Å². The fourth-order valence-electron chi connectivity index (χ4n) is 0.513. The second-order valence-electron chi connectivity index (χ2n) is 2.11. The van der Waals surface area contributed by atoms with E-state index in [4.69, 9.17) is 4.74 Å². The molecule has 9 heavy (non-hydrogen) atoms. The van der Waals surface area contributed by atoms with Gasteiger partial charge in [0.1, 0.15) is 0 Å². The monoisotopic (exact) mass is 196 g/mol. The maximum Gasteiger partial charge on any atom is 0.0920 e. The molecule has 0 rings (SSSR count). The molecule has 0 saturated carbocycles. The normalized spacial score (nSPS) is 21.0. The van der Waals surface area contributed by atoms with E-state index in [1.165, 1.54) is 0 Å². The molecule has 2 nitrogen and oxygen atoms in total. The van der Waals surface area contributed by atoms with Crippen molar-refractivity contribution >= 4 is 15.9 Å². The molecule has 0 aliphatic carbocycles. The van der Waals surface area contributed by atoms with E-state index < -0.39 is 6.10 Å². The first-order valence-corrected chi connectivity index (χ1v) is 3.86. The minimum absolute atomic E-state index is 0.0902. The summed E-state index contributed by atoms with van der Waals surface area (Å²) in [4.78, 5) is 0.0902. The topological polar surface area (TPSA) is 29.5 Å². The van der Waals surface area contributed by atoms with E-state index in [0.29, 0.717) is 0 Å². The molecule has 0 heterocycles. The zero-order valence-corrected chi connectivity index (χ0v) is 7.55. The largest absolute Gasteiger partial charge is 0.389 e. The van der Waals surface area contributed by atoms with Crippen LogP contribution in [0.5, 0.6) is 0 Å². The predicted octanol–water partition coefficient (Wildman–Crippen LogP) is 1.17. The number of hydrogen-bond acceptors (Lipinski definition) is 2. The summed E-state index contributed by atoms with van der Waals surface area (Å²) in [5.41, 5.74) is 0. The average molecular weight is 197 g/mol. The van der Waals surface area contributed by atoms with E-state index >= 15 is 0 Å². The van der Waals surface area contributed by atoms with Crippen molar-refractivity contribution in [3.05, 3.63) is 0 Å². The first-order valence-electron chi connectivity index (χ1n) is 2.94. The van der Waals surface area contributed by atoms with Crippen LogP contribution >= 0.6 is 15.9 Å². The molecule has 0 spiro atoms. The van der Waals surface area contributed by atoms with Gasteiger partial charge < -0.3 is 9.84 Å². The van der Waals surface area contributed by atoms with Crippen molar-refractivity contribution < 1.29 is 9.84 Å². The van der Waals surface area contributed by atoms with Crippen LogP contribution in [0.15, 0.2) is 0 Å². The number of rotatable bonds is 3. The molecule has 0 aromatic heterocycles. The van der Waals surface area contributed by atoms with Crippen molar-refractivity contribution in [3.63, 3.8) is 0 Å². The highest BCUT2D eigenvalue weighted by atomic mass is 79.9. The van der Waals surface area contributed by atoms with Gasteiger partial charge in [0, 0.05) is 11.9 Å². The second kappa shape index (κ2) is 4.25. The van der Waals surface area contributed by atoms with Gasteiger partial charge in [-0.25, -0.2) is 0 Å². The highest BCUT2D eigenvalue weighted by molar-refractivity contribution is 9.09. The van der Waals surface area contributed by atoms with E-state index in [1.54, 1.807) is 7.11 Å². The van der Waals surface area contributed by atoms with E-state index in [2.05, 4.69) is 15.9 Å². The summed E-state index contributed by atoms with van der Waals surface area (Å²) < 4.78 is 4.89. The SMILES string of the molecule is COC(C)C(O)C(C)Br. The summed E-state index contributed by atoms with van der Waals surface area (Å²) in [6.07, 6.45) is -0.519. The molecule has 0 aliphatic heterocycles. The molecular formula is C6H13BrO2. The molecule has 1 N–H and O–H groups in total. The van der Waals surface area contributed by atoms with Gasteiger partial charge in [-0.1, -0.05) is 22.9 Å². The van der Waals surface area contributed by atoms with E-state index in [-0.39, 0.29) is 10.9 Å². The number of aliphatic hydroxyl groups is 1. The van der Waals surface area contributed by atoms with Crippen molar-refractivity contribution in [2.24, 2.45) is 0 Å². The van der Waals surface area contributed by atoms with Gasteiger partial charge in [-0.15, -0.1) is 0 Å². The van der Waals surface area contributed by atoms with Gasteiger partial charge >= 0.3 is 0 Å². The Labute approximate surface area is 64.3 Å². The van der Waals surface area contributed by atoms with E-state index in [9.17, 15) is 5.11 Å². The molecule has 56 valence electrons. The first-order chi connectivity index (χ1) is 4.09. The lowest BCUT2D eigenvalue weighted by Crippen LogP contribution is -2.31. The lowest BCUT2D eigenvalue weighted by atomic mass is 10.2. The second-order valence-corrected chi connectivity index (χ2v) is 3.55. The molecule has 0 fully saturated rings. The summed E-state index contributed by atoms with van der Waals surface area (Å²) in [5.74, 6) is 0. The van der Waals surface area contributed by atoms with Crippen LogP contribution < -0.4 is 0 Å². The van der Waals surface area contributed by atoms with Crippen LogP contribution in [-0.4, -0.2) is 29.3 Å². The Morgan fingerprint density at radius 3 is 2.00 bits per heavy atom. The van der Waals surface area contributed by atoms with Gasteiger partial charge in [0.15, 0.2) is 0 Å².